The molecule has 3 aromatic rings. The molecule has 1 amide bonds. The Morgan fingerprint density at radius 1 is 1.08 bits per heavy atom. The summed E-state index contributed by atoms with van der Waals surface area (Å²) in [5.41, 5.74) is 0.482. The van der Waals surface area contributed by atoms with Gasteiger partial charge in [0.25, 0.3) is 11.6 Å². The van der Waals surface area contributed by atoms with Crippen LogP contribution in [0.1, 0.15) is 15.9 Å². The van der Waals surface area contributed by atoms with Crippen LogP contribution in [-0.4, -0.2) is 15.8 Å². The van der Waals surface area contributed by atoms with Gasteiger partial charge in [0.1, 0.15) is 17.0 Å². The normalized spacial score (nSPS) is 10.2. The second kappa shape index (κ2) is 7.43. The molecule has 130 valence electrons. The van der Waals surface area contributed by atoms with E-state index in [1.165, 1.54) is 12.3 Å². The second-order valence-electron chi connectivity index (χ2n) is 5.45. The predicted molar refractivity (Wildman–Crippen MR) is 96.5 cm³/mol. The molecule has 3 rings (SSSR count). The van der Waals surface area contributed by atoms with Gasteiger partial charge in [-0.25, -0.2) is 4.98 Å². The van der Waals surface area contributed by atoms with E-state index in [2.05, 4.69) is 10.3 Å². The molecule has 0 atom stereocenters. The molecule has 0 radical (unpaired) electrons. The van der Waals surface area contributed by atoms with E-state index in [9.17, 15) is 14.9 Å². The fraction of sp³-hybridized carbons (Fsp3) is 0.0526. The first-order valence-corrected chi connectivity index (χ1v) is 7.79. The van der Waals surface area contributed by atoms with Crippen molar-refractivity contribution in [3.8, 4) is 11.6 Å². The van der Waals surface area contributed by atoms with Crippen LogP contribution in [0.5, 0.6) is 11.6 Å². The van der Waals surface area contributed by atoms with Crippen molar-refractivity contribution in [3.63, 3.8) is 0 Å². The van der Waals surface area contributed by atoms with Gasteiger partial charge in [-0.1, -0.05) is 30.3 Å². The summed E-state index contributed by atoms with van der Waals surface area (Å²) in [4.78, 5) is 27.5. The van der Waals surface area contributed by atoms with E-state index in [-0.39, 0.29) is 17.1 Å². The molecule has 1 aromatic heterocycles. The Labute approximate surface area is 149 Å². The number of aryl methyl sites for hydroxylation is 1. The molecule has 1 heterocycles. The number of nitro benzene ring substituents is 1. The van der Waals surface area contributed by atoms with Gasteiger partial charge in [-0.3, -0.25) is 14.9 Å². The zero-order valence-electron chi connectivity index (χ0n) is 13.9. The number of amides is 1. The molecule has 26 heavy (non-hydrogen) atoms. The van der Waals surface area contributed by atoms with Crippen LogP contribution in [0.25, 0.3) is 0 Å². The topological polar surface area (TPSA) is 94.4 Å². The number of aromatic nitrogens is 1. The summed E-state index contributed by atoms with van der Waals surface area (Å²) < 4.78 is 5.69. The number of ether oxygens (including phenoxy) is 1. The van der Waals surface area contributed by atoms with Gasteiger partial charge < -0.3 is 10.1 Å². The highest BCUT2D eigenvalue weighted by atomic mass is 16.6. The van der Waals surface area contributed by atoms with E-state index < -0.39 is 10.8 Å². The number of hydrogen-bond donors (Lipinski definition) is 1. The van der Waals surface area contributed by atoms with Crippen LogP contribution < -0.4 is 10.1 Å². The van der Waals surface area contributed by atoms with Crippen LogP contribution in [0.2, 0.25) is 0 Å². The minimum Gasteiger partial charge on any atom is -0.437 e. The number of hydrogen-bond acceptors (Lipinski definition) is 5. The molecule has 0 saturated heterocycles. The number of nitrogens with zero attached hydrogens (tertiary/aromatic N) is 2. The number of para-hydroxylation sites is 2. The number of nitro groups is 1. The Hall–Kier alpha value is -3.74. The average Bonchev–Trinajstić information content (AvgIpc) is 2.63. The van der Waals surface area contributed by atoms with Crippen LogP contribution in [-0.2, 0) is 0 Å². The van der Waals surface area contributed by atoms with Crippen molar-refractivity contribution in [3.05, 3.63) is 88.1 Å². The lowest BCUT2D eigenvalue weighted by atomic mass is 10.1. The van der Waals surface area contributed by atoms with Gasteiger partial charge in [0.2, 0.25) is 5.88 Å². The predicted octanol–water partition coefficient (Wildman–Crippen LogP) is 4.34. The molecule has 7 nitrogen and oxygen atoms in total. The lowest BCUT2D eigenvalue weighted by Gasteiger charge is -2.11. The number of pyridine rings is 1. The maximum absolute atomic E-state index is 12.6. The Balaban J connectivity index is 1.90. The van der Waals surface area contributed by atoms with Crippen molar-refractivity contribution in [2.75, 3.05) is 5.32 Å². The molecule has 0 aliphatic carbocycles. The maximum atomic E-state index is 12.6. The molecule has 0 aliphatic rings. The fourth-order valence-corrected chi connectivity index (χ4v) is 2.44. The zero-order valence-corrected chi connectivity index (χ0v) is 13.9. The van der Waals surface area contributed by atoms with E-state index in [4.69, 9.17) is 4.74 Å². The van der Waals surface area contributed by atoms with Crippen molar-refractivity contribution < 1.29 is 14.5 Å². The number of benzene rings is 2. The van der Waals surface area contributed by atoms with Crippen molar-refractivity contribution >= 4 is 17.3 Å². The number of carbonyl (C=O) groups is 1. The summed E-state index contributed by atoms with van der Waals surface area (Å²) in [6.45, 7) is 1.59. The summed E-state index contributed by atoms with van der Waals surface area (Å²) in [5, 5.41) is 13.9. The second-order valence-corrected chi connectivity index (χ2v) is 5.45. The minimum absolute atomic E-state index is 0.0236. The molecule has 2 aromatic carbocycles. The molecule has 0 fully saturated rings. The third-order valence-corrected chi connectivity index (χ3v) is 3.64. The molecule has 1 N–H and O–H groups in total. The summed E-state index contributed by atoms with van der Waals surface area (Å²) >= 11 is 0. The number of anilines is 1. The van der Waals surface area contributed by atoms with Crippen LogP contribution in [0.3, 0.4) is 0 Å². The number of rotatable bonds is 5. The van der Waals surface area contributed by atoms with Crippen molar-refractivity contribution in [2.45, 2.75) is 6.92 Å². The highest BCUT2D eigenvalue weighted by Crippen LogP contribution is 2.29. The molecule has 0 unspecified atom stereocenters. The monoisotopic (exact) mass is 349 g/mol. The summed E-state index contributed by atoms with van der Waals surface area (Å²) in [6, 6.07) is 16.8. The fourth-order valence-electron chi connectivity index (χ4n) is 2.44. The zero-order chi connectivity index (χ0) is 18.5. The molecular weight excluding hydrogens is 334 g/mol. The van der Waals surface area contributed by atoms with Gasteiger partial charge in [-0.2, -0.15) is 0 Å². The summed E-state index contributed by atoms with van der Waals surface area (Å²) in [6.07, 6.45) is 1.53. The van der Waals surface area contributed by atoms with E-state index in [1.807, 2.05) is 18.2 Å². The third kappa shape index (κ3) is 3.67. The third-order valence-electron chi connectivity index (χ3n) is 3.64. The van der Waals surface area contributed by atoms with Gasteiger partial charge >= 0.3 is 0 Å². The van der Waals surface area contributed by atoms with E-state index >= 15 is 0 Å². The highest BCUT2D eigenvalue weighted by molar-refractivity contribution is 6.07. The molecule has 0 aliphatic heterocycles. The molecule has 7 heteroatoms. The number of nitrogens with one attached hydrogen (secondary N) is 1. The molecule has 0 saturated carbocycles. The Morgan fingerprint density at radius 3 is 2.58 bits per heavy atom. The van der Waals surface area contributed by atoms with E-state index in [0.29, 0.717) is 17.0 Å². The Bertz CT molecular complexity index is 958. The maximum Gasteiger partial charge on any atom is 0.285 e. The Morgan fingerprint density at radius 2 is 1.85 bits per heavy atom. The van der Waals surface area contributed by atoms with Crippen LogP contribution in [0.15, 0.2) is 66.9 Å². The Kier molecular flexibility index (Phi) is 4.89. The van der Waals surface area contributed by atoms with Crippen LogP contribution >= 0.6 is 0 Å². The average molecular weight is 349 g/mol. The van der Waals surface area contributed by atoms with Gasteiger partial charge in [0, 0.05) is 11.8 Å². The lowest BCUT2D eigenvalue weighted by molar-refractivity contribution is -0.385. The van der Waals surface area contributed by atoms with Crippen LogP contribution in [0.4, 0.5) is 11.4 Å². The number of carbonyl (C=O) groups excluding carboxylic acids is 1. The van der Waals surface area contributed by atoms with Crippen molar-refractivity contribution in [1.29, 1.82) is 0 Å². The smallest absolute Gasteiger partial charge is 0.285 e. The minimum atomic E-state index is -0.605. The summed E-state index contributed by atoms with van der Waals surface area (Å²) in [5.74, 6) is 0.150. The van der Waals surface area contributed by atoms with E-state index in [1.54, 1.807) is 43.3 Å². The van der Waals surface area contributed by atoms with Gasteiger partial charge in [-0.05, 0) is 37.3 Å². The largest absolute Gasteiger partial charge is 0.437 e. The first-order chi connectivity index (χ1) is 12.6. The quantitative estimate of drug-likeness (QED) is 0.546. The lowest BCUT2D eigenvalue weighted by Crippen LogP contribution is -2.15. The van der Waals surface area contributed by atoms with Crippen molar-refractivity contribution in [2.24, 2.45) is 0 Å². The SMILES string of the molecule is Cc1cccc(C(=O)Nc2cccnc2Oc2ccccc2)c1[N+](=O)[O-]. The molecule has 0 spiro atoms. The van der Waals surface area contributed by atoms with E-state index in [0.717, 1.165) is 0 Å². The first kappa shape index (κ1) is 17.1. The van der Waals surface area contributed by atoms with Crippen LogP contribution in [0, 0.1) is 17.0 Å². The molecule has 0 bridgehead atoms. The standard InChI is InChI=1S/C19H15N3O4/c1-13-7-5-10-15(17(13)22(24)25)18(23)21-16-11-6-12-20-19(16)26-14-8-3-2-4-9-14/h2-12H,1H3,(H,21,23). The highest BCUT2D eigenvalue weighted by Gasteiger charge is 2.23. The van der Waals surface area contributed by atoms with Gasteiger partial charge in [-0.15, -0.1) is 0 Å². The first-order valence-electron chi connectivity index (χ1n) is 7.79. The van der Waals surface area contributed by atoms with Gasteiger partial charge in [0.05, 0.1) is 4.92 Å². The van der Waals surface area contributed by atoms with Crippen molar-refractivity contribution in [1.82, 2.24) is 4.98 Å². The molecular formula is C19H15N3O4. The van der Waals surface area contributed by atoms with Gasteiger partial charge in [0.15, 0.2) is 0 Å². The summed E-state index contributed by atoms with van der Waals surface area (Å²) in [7, 11) is 0.